The van der Waals surface area contributed by atoms with Gasteiger partial charge in [-0.3, -0.25) is 9.36 Å². The fourth-order valence-electron chi connectivity index (χ4n) is 5.70. The normalized spacial score (nSPS) is 18.8. The van der Waals surface area contributed by atoms with Crippen LogP contribution in [0.25, 0.3) is 11.0 Å². The summed E-state index contributed by atoms with van der Waals surface area (Å²) >= 11 is 8.18. The number of nitrogens with one attached hydrogen (secondary N) is 1. The van der Waals surface area contributed by atoms with Crippen LogP contribution in [0.1, 0.15) is 64.0 Å². The number of fused-ring (bicyclic) bond motifs is 1. The maximum atomic E-state index is 12.6. The molecule has 0 unspecified atom stereocenters. The predicted octanol–water partition coefficient (Wildman–Crippen LogP) is 6.82. The Morgan fingerprint density at radius 1 is 1.14 bits per heavy atom. The quantitative estimate of drug-likeness (QED) is 0.394. The highest BCUT2D eigenvalue weighted by Gasteiger charge is 2.37. The molecule has 1 spiro atoms. The van der Waals surface area contributed by atoms with E-state index in [1.807, 2.05) is 25.6 Å². The summed E-state index contributed by atoms with van der Waals surface area (Å²) in [6, 6.07) is 8.15. The molecule has 3 heterocycles. The second-order valence-corrected chi connectivity index (χ2v) is 12.7. The van der Waals surface area contributed by atoms with Crippen LogP contribution in [0.4, 0.5) is 11.6 Å². The summed E-state index contributed by atoms with van der Waals surface area (Å²) in [5.41, 5.74) is 3.09. The Bertz CT molecular complexity index is 1310. The highest BCUT2D eigenvalue weighted by atomic mass is 35.5. The van der Waals surface area contributed by atoms with E-state index >= 15 is 0 Å². The van der Waals surface area contributed by atoms with E-state index in [4.69, 9.17) is 11.6 Å². The number of pyridine rings is 1. The number of hydrogen-bond donors (Lipinski definition) is 1. The first kappa shape index (κ1) is 25.6. The summed E-state index contributed by atoms with van der Waals surface area (Å²) in [5, 5.41) is 4.99. The van der Waals surface area contributed by atoms with Crippen molar-refractivity contribution in [1.82, 2.24) is 19.4 Å². The van der Waals surface area contributed by atoms with Gasteiger partial charge in [0.2, 0.25) is 5.95 Å². The molecule has 0 atom stereocenters. The molecule has 2 fully saturated rings. The van der Waals surface area contributed by atoms with Crippen LogP contribution >= 0.6 is 23.4 Å². The van der Waals surface area contributed by atoms with Gasteiger partial charge in [0.1, 0.15) is 10.7 Å². The number of aromatic nitrogens is 3. The molecule has 1 aliphatic carbocycles. The second kappa shape index (κ2) is 10.3. The van der Waals surface area contributed by atoms with Gasteiger partial charge in [0, 0.05) is 33.5 Å². The number of rotatable bonds is 5. The van der Waals surface area contributed by atoms with Crippen molar-refractivity contribution in [2.45, 2.75) is 75.5 Å². The van der Waals surface area contributed by atoms with Gasteiger partial charge in [-0.25, -0.2) is 4.98 Å². The van der Waals surface area contributed by atoms with Crippen LogP contribution in [0.2, 0.25) is 5.02 Å². The Labute approximate surface area is 222 Å². The number of aryl methyl sites for hydroxylation is 1. The Morgan fingerprint density at radius 2 is 1.86 bits per heavy atom. The molecule has 192 valence electrons. The molecule has 2 aliphatic rings. The Morgan fingerprint density at radius 3 is 2.53 bits per heavy atom. The molecule has 0 bridgehead atoms. The minimum absolute atomic E-state index is 0.0615. The Kier molecular flexibility index (Phi) is 7.34. The number of halogens is 1. The molecule has 1 saturated heterocycles. The lowest BCUT2D eigenvalue weighted by molar-refractivity contribution is 0.0824. The SMILES string of the molecule is Cc1cc(SC2CCC3(CC2)CCN(C)CC3)ccc1Nc1ncc2cc(Cl)c(=O)n(C(C)C)c2n1. The molecular weight excluding hydrogens is 490 g/mol. The molecule has 0 amide bonds. The molecule has 36 heavy (non-hydrogen) atoms. The van der Waals surface area contributed by atoms with Gasteiger partial charge in [-0.1, -0.05) is 11.6 Å². The van der Waals surface area contributed by atoms with Crippen molar-refractivity contribution < 1.29 is 0 Å². The highest BCUT2D eigenvalue weighted by Crippen LogP contribution is 2.48. The van der Waals surface area contributed by atoms with Crippen LogP contribution in [0.15, 0.2) is 40.2 Å². The first-order valence-corrected chi connectivity index (χ1v) is 14.3. The summed E-state index contributed by atoms with van der Waals surface area (Å²) in [4.78, 5) is 25.5. The van der Waals surface area contributed by atoms with E-state index < -0.39 is 0 Å². The van der Waals surface area contributed by atoms with Gasteiger partial charge in [0.05, 0.1) is 0 Å². The molecule has 1 aromatic carbocycles. The van der Waals surface area contributed by atoms with Crippen molar-refractivity contribution in [2.24, 2.45) is 5.41 Å². The highest BCUT2D eigenvalue weighted by molar-refractivity contribution is 8.00. The number of nitrogens with zero attached hydrogens (tertiary/aromatic N) is 4. The van der Waals surface area contributed by atoms with E-state index in [1.165, 1.54) is 56.5 Å². The van der Waals surface area contributed by atoms with Crippen molar-refractivity contribution in [3.05, 3.63) is 51.4 Å². The predicted molar refractivity (Wildman–Crippen MR) is 151 cm³/mol. The molecule has 6 nitrogen and oxygen atoms in total. The average molecular weight is 526 g/mol. The van der Waals surface area contributed by atoms with Gasteiger partial charge in [0.25, 0.3) is 5.56 Å². The summed E-state index contributed by atoms with van der Waals surface area (Å²) in [6.45, 7) is 8.54. The lowest BCUT2D eigenvalue weighted by Gasteiger charge is -2.45. The minimum Gasteiger partial charge on any atom is -0.324 e. The third-order valence-corrected chi connectivity index (χ3v) is 9.64. The zero-order valence-corrected chi connectivity index (χ0v) is 23.3. The van der Waals surface area contributed by atoms with Crippen LogP contribution in [0.5, 0.6) is 0 Å². The Balaban J connectivity index is 1.27. The van der Waals surface area contributed by atoms with E-state index in [9.17, 15) is 4.79 Å². The Hall–Kier alpha value is -2.09. The van der Waals surface area contributed by atoms with E-state index in [0.717, 1.165) is 16.6 Å². The molecule has 8 heteroatoms. The van der Waals surface area contributed by atoms with Gasteiger partial charge in [-0.05, 0) is 115 Å². The van der Waals surface area contributed by atoms with Gasteiger partial charge in [0.15, 0.2) is 0 Å². The smallest absolute Gasteiger partial charge is 0.271 e. The van der Waals surface area contributed by atoms with Crippen molar-refractivity contribution >= 4 is 46.0 Å². The van der Waals surface area contributed by atoms with Gasteiger partial charge >= 0.3 is 0 Å². The maximum absolute atomic E-state index is 12.6. The second-order valence-electron chi connectivity index (χ2n) is 11.0. The van der Waals surface area contributed by atoms with Crippen molar-refractivity contribution in [1.29, 1.82) is 0 Å². The lowest BCUT2D eigenvalue weighted by Crippen LogP contribution is -2.40. The van der Waals surface area contributed by atoms with Gasteiger partial charge < -0.3 is 10.2 Å². The summed E-state index contributed by atoms with van der Waals surface area (Å²) in [7, 11) is 2.25. The topological polar surface area (TPSA) is 63.1 Å². The molecule has 3 aromatic rings. The fourth-order valence-corrected chi connectivity index (χ4v) is 7.16. The summed E-state index contributed by atoms with van der Waals surface area (Å²) < 4.78 is 1.62. The largest absolute Gasteiger partial charge is 0.324 e. The number of piperidine rings is 1. The number of thioether (sulfide) groups is 1. The van der Waals surface area contributed by atoms with Crippen LogP contribution in [-0.2, 0) is 0 Å². The zero-order chi connectivity index (χ0) is 25.4. The number of likely N-dealkylation sites (tertiary alicyclic amines) is 1. The monoisotopic (exact) mass is 525 g/mol. The van der Waals surface area contributed by atoms with Crippen molar-refractivity contribution in [3.8, 4) is 0 Å². The van der Waals surface area contributed by atoms with E-state index in [0.29, 0.717) is 22.3 Å². The molecular formula is C28H36ClN5OS. The maximum Gasteiger partial charge on any atom is 0.271 e. The molecule has 1 N–H and O–H groups in total. The van der Waals surface area contributed by atoms with Gasteiger partial charge in [-0.15, -0.1) is 11.8 Å². The zero-order valence-electron chi connectivity index (χ0n) is 21.7. The molecule has 5 rings (SSSR count). The van der Waals surface area contributed by atoms with Gasteiger partial charge in [-0.2, -0.15) is 4.98 Å². The molecule has 2 aromatic heterocycles. The average Bonchev–Trinajstić information content (AvgIpc) is 2.85. The van der Waals surface area contributed by atoms with E-state index in [2.05, 4.69) is 52.4 Å². The number of hydrogen-bond acceptors (Lipinski definition) is 6. The third-order valence-electron chi connectivity index (χ3n) is 8.03. The standard InChI is InChI=1S/C28H36ClN5OS/c1-18(2)34-25-20(16-23(29)26(34)35)17-30-27(32-25)31-24-6-5-22(15-19(24)3)36-21-7-9-28(10-8-21)11-13-33(4)14-12-28/h5-6,15-18,21H,7-14H2,1-4H3,(H,30,31,32). The van der Waals surface area contributed by atoms with Crippen LogP contribution in [-0.4, -0.2) is 44.8 Å². The number of anilines is 2. The summed E-state index contributed by atoms with van der Waals surface area (Å²) in [5.74, 6) is 0.470. The van der Waals surface area contributed by atoms with Crippen LogP contribution in [0.3, 0.4) is 0 Å². The van der Waals surface area contributed by atoms with E-state index in [-0.39, 0.29) is 16.6 Å². The van der Waals surface area contributed by atoms with Crippen LogP contribution in [0, 0.1) is 12.3 Å². The lowest BCUT2D eigenvalue weighted by atomic mass is 9.68. The van der Waals surface area contributed by atoms with Crippen molar-refractivity contribution in [3.63, 3.8) is 0 Å². The van der Waals surface area contributed by atoms with Crippen LogP contribution < -0.4 is 10.9 Å². The number of benzene rings is 1. The van der Waals surface area contributed by atoms with Crippen molar-refractivity contribution in [2.75, 3.05) is 25.5 Å². The first-order chi connectivity index (χ1) is 17.2. The minimum atomic E-state index is -0.231. The third kappa shape index (κ3) is 5.29. The first-order valence-electron chi connectivity index (χ1n) is 13.0. The fraction of sp³-hybridized carbons (Fsp3) is 0.536. The molecule has 0 radical (unpaired) electrons. The molecule has 1 saturated carbocycles. The van der Waals surface area contributed by atoms with E-state index in [1.54, 1.807) is 16.8 Å². The summed E-state index contributed by atoms with van der Waals surface area (Å²) in [6.07, 6.45) is 9.86. The molecule has 1 aliphatic heterocycles.